The molecule has 1 aromatic heterocycles. The molecule has 1 aliphatic heterocycles. The first kappa shape index (κ1) is 17.5. The molecule has 2 heterocycles. The van der Waals surface area contributed by atoms with Crippen LogP contribution in [-0.2, 0) is 6.54 Å². The smallest absolute Gasteiger partial charge is 0.241 e. The minimum Gasteiger partial charge on any atom is -0.497 e. The molecule has 0 amide bonds. The van der Waals surface area contributed by atoms with E-state index in [0.717, 1.165) is 37.5 Å². The van der Waals surface area contributed by atoms with Crippen LogP contribution in [0.4, 0.5) is 10.1 Å². The molecule has 0 N–H and O–H groups in total. The molecular weight excluding hydrogens is 347 g/mol. The third-order valence-electron chi connectivity index (χ3n) is 4.72. The second kappa shape index (κ2) is 7.75. The third-order valence-corrected chi connectivity index (χ3v) is 4.72. The molecule has 1 fully saturated rings. The normalized spacial score (nSPS) is 15.1. The highest BCUT2D eigenvalue weighted by atomic mass is 19.1. The summed E-state index contributed by atoms with van der Waals surface area (Å²) in [5, 5.41) is 4.07. The predicted molar refractivity (Wildman–Crippen MR) is 100 cm³/mol. The Balaban J connectivity index is 1.37. The van der Waals surface area contributed by atoms with Gasteiger partial charge in [-0.3, -0.25) is 4.90 Å². The number of halogens is 1. The van der Waals surface area contributed by atoms with Gasteiger partial charge in [-0.15, -0.1) is 0 Å². The maximum Gasteiger partial charge on any atom is 0.241 e. The van der Waals surface area contributed by atoms with Gasteiger partial charge in [-0.25, -0.2) is 4.39 Å². The summed E-state index contributed by atoms with van der Waals surface area (Å²) in [5.74, 6) is 1.70. The summed E-state index contributed by atoms with van der Waals surface area (Å²) in [6.07, 6.45) is 0. The summed E-state index contributed by atoms with van der Waals surface area (Å²) in [7, 11) is 1.63. The molecule has 0 radical (unpaired) electrons. The van der Waals surface area contributed by atoms with Crippen LogP contribution in [0, 0.1) is 5.82 Å². The van der Waals surface area contributed by atoms with Crippen molar-refractivity contribution in [1.29, 1.82) is 0 Å². The predicted octanol–water partition coefficient (Wildman–Crippen LogP) is 3.21. The van der Waals surface area contributed by atoms with Gasteiger partial charge in [0.05, 0.1) is 19.3 Å². The van der Waals surface area contributed by atoms with Crippen molar-refractivity contribution >= 4 is 5.69 Å². The Morgan fingerprint density at radius 2 is 1.89 bits per heavy atom. The lowest BCUT2D eigenvalue weighted by molar-refractivity contribution is 0.215. The molecule has 0 spiro atoms. The van der Waals surface area contributed by atoms with Gasteiger partial charge in [-0.1, -0.05) is 29.4 Å². The molecule has 0 atom stereocenters. The number of rotatable bonds is 5. The molecule has 27 heavy (non-hydrogen) atoms. The average Bonchev–Trinajstić information content (AvgIpc) is 3.18. The molecule has 0 aliphatic carbocycles. The molecule has 140 valence electrons. The Bertz CT molecular complexity index is 906. The first-order valence-corrected chi connectivity index (χ1v) is 8.92. The molecule has 1 saturated heterocycles. The highest BCUT2D eigenvalue weighted by Crippen LogP contribution is 2.23. The van der Waals surface area contributed by atoms with E-state index >= 15 is 0 Å². The monoisotopic (exact) mass is 368 g/mol. The Labute approximate surface area is 157 Å². The number of anilines is 1. The number of hydrogen-bond donors (Lipinski definition) is 0. The Hall–Kier alpha value is -2.93. The van der Waals surface area contributed by atoms with Crippen LogP contribution < -0.4 is 9.64 Å². The van der Waals surface area contributed by atoms with E-state index in [9.17, 15) is 4.39 Å². The fraction of sp³-hybridized carbons (Fsp3) is 0.300. The molecule has 6 nitrogen and oxygen atoms in total. The van der Waals surface area contributed by atoms with Crippen molar-refractivity contribution in [2.45, 2.75) is 6.54 Å². The van der Waals surface area contributed by atoms with Gasteiger partial charge in [0.1, 0.15) is 11.6 Å². The standard InChI is InChI=1S/C20H21FN4O2/c1-26-16-6-4-5-15(13-16)20-22-19(27-23-20)14-24-9-11-25(12-10-24)18-8-3-2-7-17(18)21/h2-8,13H,9-12,14H2,1H3. The summed E-state index contributed by atoms with van der Waals surface area (Å²) < 4.78 is 24.6. The highest BCUT2D eigenvalue weighted by Gasteiger charge is 2.21. The van der Waals surface area contributed by atoms with Crippen LogP contribution in [0.3, 0.4) is 0 Å². The van der Waals surface area contributed by atoms with Crippen LogP contribution >= 0.6 is 0 Å². The zero-order valence-electron chi connectivity index (χ0n) is 15.1. The van der Waals surface area contributed by atoms with Gasteiger partial charge >= 0.3 is 0 Å². The molecule has 0 bridgehead atoms. The van der Waals surface area contributed by atoms with E-state index in [-0.39, 0.29) is 5.82 Å². The molecule has 0 unspecified atom stereocenters. The number of nitrogens with zero attached hydrogens (tertiary/aromatic N) is 4. The minimum absolute atomic E-state index is 0.175. The van der Waals surface area contributed by atoms with Crippen molar-refractivity contribution in [2.24, 2.45) is 0 Å². The Morgan fingerprint density at radius 1 is 1.07 bits per heavy atom. The van der Waals surface area contributed by atoms with Crippen LogP contribution in [0.1, 0.15) is 5.89 Å². The van der Waals surface area contributed by atoms with Crippen LogP contribution in [0.2, 0.25) is 0 Å². The number of piperazine rings is 1. The van der Waals surface area contributed by atoms with Crippen molar-refractivity contribution in [3.05, 3.63) is 60.2 Å². The fourth-order valence-corrected chi connectivity index (χ4v) is 3.24. The van der Waals surface area contributed by atoms with E-state index in [1.807, 2.05) is 36.4 Å². The minimum atomic E-state index is -0.175. The van der Waals surface area contributed by atoms with Crippen LogP contribution in [0.5, 0.6) is 5.75 Å². The maximum absolute atomic E-state index is 13.9. The van der Waals surface area contributed by atoms with Gasteiger partial charge in [0, 0.05) is 31.7 Å². The van der Waals surface area contributed by atoms with Crippen LogP contribution in [0.15, 0.2) is 53.1 Å². The zero-order chi connectivity index (χ0) is 18.6. The fourth-order valence-electron chi connectivity index (χ4n) is 3.24. The van der Waals surface area contributed by atoms with E-state index in [4.69, 9.17) is 9.26 Å². The van der Waals surface area contributed by atoms with E-state index < -0.39 is 0 Å². The highest BCUT2D eigenvalue weighted by molar-refractivity contribution is 5.56. The number of methoxy groups -OCH3 is 1. The number of hydrogen-bond acceptors (Lipinski definition) is 6. The quantitative estimate of drug-likeness (QED) is 0.689. The van der Waals surface area contributed by atoms with Gasteiger partial charge in [-0.05, 0) is 24.3 Å². The van der Waals surface area contributed by atoms with Gasteiger partial charge < -0.3 is 14.2 Å². The molecule has 0 saturated carbocycles. The van der Waals surface area contributed by atoms with Gasteiger partial charge in [-0.2, -0.15) is 4.98 Å². The average molecular weight is 368 g/mol. The number of para-hydroxylation sites is 1. The first-order chi connectivity index (χ1) is 13.2. The van der Waals surface area contributed by atoms with Crippen molar-refractivity contribution in [3.8, 4) is 17.1 Å². The summed E-state index contributed by atoms with van der Waals surface area (Å²) in [6, 6.07) is 14.5. The molecule has 3 aromatic rings. The van der Waals surface area contributed by atoms with Gasteiger partial charge in [0.25, 0.3) is 0 Å². The number of benzene rings is 2. The van der Waals surface area contributed by atoms with E-state index in [1.165, 1.54) is 6.07 Å². The van der Waals surface area contributed by atoms with Crippen LogP contribution in [0.25, 0.3) is 11.4 Å². The van der Waals surface area contributed by atoms with E-state index in [1.54, 1.807) is 13.2 Å². The first-order valence-electron chi connectivity index (χ1n) is 8.92. The SMILES string of the molecule is COc1cccc(-c2noc(CN3CCN(c4ccccc4F)CC3)n2)c1. The summed E-state index contributed by atoms with van der Waals surface area (Å²) in [4.78, 5) is 8.80. The second-order valence-electron chi connectivity index (χ2n) is 6.46. The summed E-state index contributed by atoms with van der Waals surface area (Å²) >= 11 is 0. The molecule has 1 aliphatic rings. The Kier molecular flexibility index (Phi) is 5.02. The van der Waals surface area contributed by atoms with Crippen molar-refractivity contribution in [2.75, 3.05) is 38.2 Å². The van der Waals surface area contributed by atoms with Crippen LogP contribution in [-0.4, -0.2) is 48.3 Å². The number of aromatic nitrogens is 2. The lowest BCUT2D eigenvalue weighted by atomic mass is 10.2. The van der Waals surface area contributed by atoms with Crippen molar-refractivity contribution in [1.82, 2.24) is 15.0 Å². The van der Waals surface area contributed by atoms with Gasteiger partial charge in [0.15, 0.2) is 0 Å². The topological polar surface area (TPSA) is 54.6 Å². The number of ether oxygens (including phenoxy) is 1. The van der Waals surface area contributed by atoms with Crippen molar-refractivity contribution in [3.63, 3.8) is 0 Å². The summed E-state index contributed by atoms with van der Waals surface area (Å²) in [5.41, 5.74) is 1.52. The van der Waals surface area contributed by atoms with Crippen molar-refractivity contribution < 1.29 is 13.7 Å². The maximum atomic E-state index is 13.9. The Morgan fingerprint density at radius 3 is 2.67 bits per heavy atom. The third kappa shape index (κ3) is 3.93. The molecule has 7 heteroatoms. The van der Waals surface area contributed by atoms with E-state index in [2.05, 4.69) is 19.9 Å². The van der Waals surface area contributed by atoms with Gasteiger partial charge in [0.2, 0.25) is 11.7 Å². The van der Waals surface area contributed by atoms with E-state index in [0.29, 0.717) is 23.9 Å². The lowest BCUT2D eigenvalue weighted by Gasteiger charge is -2.35. The lowest BCUT2D eigenvalue weighted by Crippen LogP contribution is -2.46. The molecular formula is C20H21FN4O2. The second-order valence-corrected chi connectivity index (χ2v) is 6.46. The largest absolute Gasteiger partial charge is 0.497 e. The zero-order valence-corrected chi connectivity index (χ0v) is 15.1. The molecule has 4 rings (SSSR count). The molecule has 2 aromatic carbocycles. The summed E-state index contributed by atoms with van der Waals surface area (Å²) in [6.45, 7) is 3.73.